The second-order valence-corrected chi connectivity index (χ2v) is 6.33. The van der Waals surface area contributed by atoms with Gasteiger partial charge in [-0.3, -0.25) is 4.79 Å². The van der Waals surface area contributed by atoms with Crippen molar-refractivity contribution in [2.45, 2.75) is 26.5 Å². The maximum Gasteiger partial charge on any atom is 0.234 e. The Morgan fingerprint density at radius 3 is 2.48 bits per heavy atom. The van der Waals surface area contributed by atoms with Gasteiger partial charge in [0.2, 0.25) is 5.91 Å². The Bertz CT molecular complexity index is 650. The number of ether oxygens (including phenoxy) is 1. The second-order valence-electron chi connectivity index (χ2n) is 5.35. The van der Waals surface area contributed by atoms with E-state index >= 15 is 0 Å². The van der Waals surface area contributed by atoms with E-state index in [2.05, 4.69) is 5.32 Å². The van der Waals surface area contributed by atoms with Gasteiger partial charge < -0.3 is 10.1 Å². The monoisotopic (exact) mass is 329 g/mol. The number of benzene rings is 2. The van der Waals surface area contributed by atoms with Crippen molar-refractivity contribution in [1.29, 1.82) is 0 Å². The van der Waals surface area contributed by atoms with Crippen molar-refractivity contribution in [3.8, 4) is 5.75 Å². The Kier molecular flexibility index (Phi) is 6.53. The van der Waals surface area contributed by atoms with Gasteiger partial charge in [-0.1, -0.05) is 36.4 Å². The zero-order valence-electron chi connectivity index (χ0n) is 13.9. The highest BCUT2D eigenvalue weighted by Gasteiger charge is 2.08. The van der Waals surface area contributed by atoms with Crippen molar-refractivity contribution >= 4 is 23.4 Å². The van der Waals surface area contributed by atoms with Crippen molar-refractivity contribution < 1.29 is 9.53 Å². The number of rotatable bonds is 7. The first-order valence-corrected chi connectivity index (χ1v) is 8.91. The second kappa shape index (κ2) is 8.63. The molecule has 0 bridgehead atoms. The van der Waals surface area contributed by atoms with Gasteiger partial charge in [-0.05, 0) is 38.0 Å². The predicted octanol–water partition coefficient (Wildman–Crippen LogP) is 4.57. The van der Waals surface area contributed by atoms with E-state index in [1.165, 1.54) is 0 Å². The maximum absolute atomic E-state index is 12.2. The summed E-state index contributed by atoms with van der Waals surface area (Å²) in [6.45, 7) is 6.64. The fraction of sp³-hybridized carbons (Fsp3) is 0.316. The highest BCUT2D eigenvalue weighted by Crippen LogP contribution is 2.24. The van der Waals surface area contributed by atoms with Gasteiger partial charge in [0.15, 0.2) is 0 Å². The Hall–Kier alpha value is -1.94. The zero-order chi connectivity index (χ0) is 16.7. The molecule has 0 atom stereocenters. The maximum atomic E-state index is 12.2. The minimum Gasteiger partial charge on any atom is -0.494 e. The molecule has 2 rings (SSSR count). The summed E-state index contributed by atoms with van der Waals surface area (Å²) >= 11 is 1.59. The molecule has 2 aromatic rings. The van der Waals surface area contributed by atoms with Crippen LogP contribution in [0.1, 0.15) is 23.6 Å². The first-order valence-electron chi connectivity index (χ1n) is 7.76. The van der Waals surface area contributed by atoms with Crippen LogP contribution < -0.4 is 10.1 Å². The third-order valence-electron chi connectivity index (χ3n) is 3.51. The fourth-order valence-corrected chi connectivity index (χ4v) is 3.18. The van der Waals surface area contributed by atoms with Gasteiger partial charge in [0.25, 0.3) is 0 Å². The molecule has 122 valence electrons. The van der Waals surface area contributed by atoms with Crippen molar-refractivity contribution in [2.24, 2.45) is 0 Å². The quantitative estimate of drug-likeness (QED) is 0.808. The Labute approximate surface area is 142 Å². The fourth-order valence-electron chi connectivity index (χ4n) is 2.36. The average Bonchev–Trinajstić information content (AvgIpc) is 2.53. The zero-order valence-corrected chi connectivity index (χ0v) is 14.7. The van der Waals surface area contributed by atoms with Crippen LogP contribution >= 0.6 is 11.8 Å². The Balaban J connectivity index is 1.88. The number of nitrogens with one attached hydrogen (secondary N) is 1. The van der Waals surface area contributed by atoms with Crippen molar-refractivity contribution in [1.82, 2.24) is 0 Å². The molecule has 23 heavy (non-hydrogen) atoms. The summed E-state index contributed by atoms with van der Waals surface area (Å²) in [7, 11) is 0. The summed E-state index contributed by atoms with van der Waals surface area (Å²) in [6, 6.07) is 14.0. The molecule has 3 nitrogen and oxygen atoms in total. The van der Waals surface area contributed by atoms with Crippen molar-refractivity contribution in [3.63, 3.8) is 0 Å². The molecule has 1 amide bonds. The minimum absolute atomic E-state index is 0.0290. The lowest BCUT2D eigenvalue weighted by Crippen LogP contribution is -2.16. The SMILES string of the molecule is CCOc1ccccc1CSCC(=O)Nc1c(C)cccc1C. The lowest BCUT2D eigenvalue weighted by atomic mass is 10.1. The average molecular weight is 329 g/mol. The van der Waals surface area contributed by atoms with E-state index in [4.69, 9.17) is 4.74 Å². The lowest BCUT2D eigenvalue weighted by molar-refractivity contribution is -0.113. The number of thioether (sulfide) groups is 1. The van der Waals surface area contributed by atoms with E-state index in [0.717, 1.165) is 33.9 Å². The minimum atomic E-state index is 0.0290. The number of para-hydroxylation sites is 2. The van der Waals surface area contributed by atoms with Gasteiger partial charge in [0.05, 0.1) is 12.4 Å². The van der Waals surface area contributed by atoms with Crippen LogP contribution in [0.15, 0.2) is 42.5 Å². The molecule has 0 aliphatic carbocycles. The Morgan fingerprint density at radius 1 is 1.09 bits per heavy atom. The van der Waals surface area contributed by atoms with Gasteiger partial charge in [0.1, 0.15) is 5.75 Å². The Morgan fingerprint density at radius 2 is 1.78 bits per heavy atom. The molecule has 1 N–H and O–H groups in total. The molecule has 0 saturated heterocycles. The largest absolute Gasteiger partial charge is 0.494 e. The third-order valence-corrected chi connectivity index (χ3v) is 4.49. The first-order chi connectivity index (χ1) is 11.1. The van der Waals surface area contributed by atoms with Gasteiger partial charge in [0, 0.05) is 17.0 Å². The van der Waals surface area contributed by atoms with Crippen LogP contribution in [0.3, 0.4) is 0 Å². The molecule has 0 saturated carbocycles. The number of amides is 1. The first kappa shape index (κ1) is 17.4. The number of anilines is 1. The predicted molar refractivity (Wildman–Crippen MR) is 98.3 cm³/mol. The van der Waals surface area contributed by atoms with Crippen LogP contribution in [0.2, 0.25) is 0 Å². The number of carbonyl (C=O) groups is 1. The van der Waals surface area contributed by atoms with Crippen LogP contribution in [-0.4, -0.2) is 18.3 Å². The summed E-state index contributed by atoms with van der Waals surface area (Å²) in [4.78, 5) is 12.2. The molecule has 0 aromatic heterocycles. The van der Waals surface area contributed by atoms with Crippen molar-refractivity contribution in [2.75, 3.05) is 17.7 Å². The van der Waals surface area contributed by atoms with E-state index in [1.54, 1.807) is 11.8 Å². The van der Waals surface area contributed by atoms with E-state index in [9.17, 15) is 4.79 Å². The van der Waals surface area contributed by atoms with Crippen LogP contribution in [0, 0.1) is 13.8 Å². The summed E-state index contributed by atoms with van der Waals surface area (Å²) in [5.74, 6) is 2.11. The summed E-state index contributed by atoms with van der Waals surface area (Å²) in [5.41, 5.74) is 4.22. The van der Waals surface area contributed by atoms with Gasteiger partial charge in [-0.2, -0.15) is 0 Å². The number of hydrogen-bond donors (Lipinski definition) is 1. The normalized spacial score (nSPS) is 10.4. The van der Waals surface area contributed by atoms with Crippen LogP contribution in [-0.2, 0) is 10.5 Å². The van der Waals surface area contributed by atoms with Crippen LogP contribution in [0.4, 0.5) is 5.69 Å². The van der Waals surface area contributed by atoms with Gasteiger partial charge in [-0.15, -0.1) is 11.8 Å². The molecule has 0 radical (unpaired) electrons. The molecule has 0 spiro atoms. The molecule has 0 aliphatic rings. The van der Waals surface area contributed by atoms with Gasteiger partial charge >= 0.3 is 0 Å². The molecule has 0 heterocycles. The number of hydrogen-bond acceptors (Lipinski definition) is 3. The summed E-state index contributed by atoms with van der Waals surface area (Å²) in [5, 5.41) is 3.01. The summed E-state index contributed by atoms with van der Waals surface area (Å²) < 4.78 is 5.61. The van der Waals surface area contributed by atoms with E-state index in [1.807, 2.05) is 63.2 Å². The summed E-state index contributed by atoms with van der Waals surface area (Å²) in [6.07, 6.45) is 0. The van der Waals surface area contributed by atoms with E-state index in [-0.39, 0.29) is 5.91 Å². The molecule has 2 aromatic carbocycles. The van der Waals surface area contributed by atoms with Crippen LogP contribution in [0.5, 0.6) is 5.75 Å². The molecular weight excluding hydrogens is 306 g/mol. The van der Waals surface area contributed by atoms with E-state index < -0.39 is 0 Å². The van der Waals surface area contributed by atoms with Crippen LogP contribution in [0.25, 0.3) is 0 Å². The van der Waals surface area contributed by atoms with E-state index in [0.29, 0.717) is 12.4 Å². The van der Waals surface area contributed by atoms with Crippen molar-refractivity contribution in [3.05, 3.63) is 59.2 Å². The topological polar surface area (TPSA) is 38.3 Å². The molecule has 0 fully saturated rings. The molecule has 4 heteroatoms. The highest BCUT2D eigenvalue weighted by atomic mass is 32.2. The highest BCUT2D eigenvalue weighted by molar-refractivity contribution is 7.99. The lowest BCUT2D eigenvalue weighted by Gasteiger charge is -2.12. The number of carbonyl (C=O) groups excluding carboxylic acids is 1. The standard InChI is InChI=1S/C19H23NO2S/c1-4-22-17-11-6-5-10-16(17)12-23-13-18(21)20-19-14(2)8-7-9-15(19)3/h5-11H,4,12-13H2,1-3H3,(H,20,21). The number of aryl methyl sites for hydroxylation is 2. The molecule has 0 unspecified atom stereocenters. The smallest absolute Gasteiger partial charge is 0.234 e. The molecule has 0 aliphatic heterocycles. The van der Waals surface area contributed by atoms with Gasteiger partial charge in [-0.25, -0.2) is 0 Å². The third kappa shape index (κ3) is 5.03. The molecular formula is C19H23NO2S.